The molecule has 0 spiro atoms. The molecule has 0 N–H and O–H groups in total. The van der Waals surface area contributed by atoms with Crippen LogP contribution in [0.3, 0.4) is 0 Å². The van der Waals surface area contributed by atoms with E-state index in [1.54, 1.807) is 0 Å². The summed E-state index contributed by atoms with van der Waals surface area (Å²) in [4.78, 5) is 2.09. The van der Waals surface area contributed by atoms with Gasteiger partial charge >= 0.3 is 0 Å². The normalized spacial score (nSPS) is 10.1. The van der Waals surface area contributed by atoms with E-state index in [-0.39, 0.29) is 0 Å². The highest BCUT2D eigenvalue weighted by molar-refractivity contribution is 9.10. The summed E-state index contributed by atoms with van der Waals surface area (Å²) in [5, 5.41) is 8.65. The summed E-state index contributed by atoms with van der Waals surface area (Å²) in [5.74, 6) is 0. The van der Waals surface area contributed by atoms with Gasteiger partial charge in [-0.1, -0.05) is 22.0 Å². The largest absolute Gasteiger partial charge is 0.305 e. The molecule has 0 unspecified atom stereocenters. The van der Waals surface area contributed by atoms with E-state index in [0.29, 0.717) is 5.56 Å². The number of rotatable bonds is 2. The Morgan fingerprint density at radius 2 is 2.15 bits per heavy atom. The number of nitriles is 1. The van der Waals surface area contributed by atoms with Crippen molar-refractivity contribution in [2.75, 3.05) is 14.1 Å². The van der Waals surface area contributed by atoms with Crippen molar-refractivity contribution >= 4 is 15.9 Å². The summed E-state index contributed by atoms with van der Waals surface area (Å²) >= 11 is 3.44. The van der Waals surface area contributed by atoms with Gasteiger partial charge < -0.3 is 4.90 Å². The molecule has 68 valence electrons. The van der Waals surface area contributed by atoms with Gasteiger partial charge in [0.05, 0.1) is 11.6 Å². The summed E-state index contributed by atoms with van der Waals surface area (Å²) in [5.41, 5.74) is 1.89. The van der Waals surface area contributed by atoms with Crippen molar-refractivity contribution in [2.45, 2.75) is 6.54 Å². The smallest absolute Gasteiger partial charge is 0.0992 e. The lowest BCUT2D eigenvalue weighted by molar-refractivity contribution is 0.401. The van der Waals surface area contributed by atoms with Crippen LogP contribution in [-0.4, -0.2) is 19.0 Å². The van der Waals surface area contributed by atoms with Gasteiger partial charge in [-0.2, -0.15) is 5.26 Å². The zero-order valence-electron chi connectivity index (χ0n) is 7.71. The van der Waals surface area contributed by atoms with Crippen LogP contribution in [0.2, 0.25) is 0 Å². The standard InChI is InChI=1S/C10H11BrN2/c1-13(2)7-9-4-3-8(6-12)5-10(9)11/h3-5H,7H2,1-2H3. The van der Waals surface area contributed by atoms with E-state index < -0.39 is 0 Å². The quantitative estimate of drug-likeness (QED) is 0.792. The van der Waals surface area contributed by atoms with E-state index in [1.807, 2.05) is 32.3 Å². The van der Waals surface area contributed by atoms with E-state index in [2.05, 4.69) is 26.9 Å². The first-order valence-electron chi connectivity index (χ1n) is 3.96. The van der Waals surface area contributed by atoms with Gasteiger partial charge in [-0.3, -0.25) is 0 Å². The van der Waals surface area contributed by atoms with Crippen molar-refractivity contribution in [3.8, 4) is 6.07 Å². The zero-order chi connectivity index (χ0) is 9.84. The molecule has 1 aromatic carbocycles. The Labute approximate surface area is 86.9 Å². The Morgan fingerprint density at radius 1 is 1.46 bits per heavy atom. The van der Waals surface area contributed by atoms with E-state index in [1.165, 1.54) is 5.56 Å². The van der Waals surface area contributed by atoms with Crippen molar-refractivity contribution in [1.29, 1.82) is 5.26 Å². The molecule has 2 nitrogen and oxygen atoms in total. The molecule has 0 heterocycles. The number of hydrogen-bond acceptors (Lipinski definition) is 2. The van der Waals surface area contributed by atoms with Crippen LogP contribution in [0.15, 0.2) is 22.7 Å². The van der Waals surface area contributed by atoms with Crippen molar-refractivity contribution in [3.63, 3.8) is 0 Å². The van der Waals surface area contributed by atoms with Gasteiger partial charge in [0.15, 0.2) is 0 Å². The number of nitrogens with zero attached hydrogens (tertiary/aromatic N) is 2. The van der Waals surface area contributed by atoms with Crippen molar-refractivity contribution < 1.29 is 0 Å². The van der Waals surface area contributed by atoms with Crippen LogP contribution in [0.4, 0.5) is 0 Å². The summed E-state index contributed by atoms with van der Waals surface area (Å²) in [6.07, 6.45) is 0. The second kappa shape index (κ2) is 4.40. The molecule has 0 bridgehead atoms. The molecule has 3 heteroatoms. The average molecular weight is 239 g/mol. The molecule has 0 saturated carbocycles. The number of halogens is 1. The molecule has 0 aliphatic heterocycles. The van der Waals surface area contributed by atoms with Gasteiger partial charge in [-0.25, -0.2) is 0 Å². The van der Waals surface area contributed by atoms with Crippen molar-refractivity contribution in [2.24, 2.45) is 0 Å². The Balaban J connectivity index is 2.93. The van der Waals surface area contributed by atoms with E-state index in [0.717, 1.165) is 11.0 Å². The molecule has 1 aromatic rings. The van der Waals surface area contributed by atoms with E-state index in [4.69, 9.17) is 5.26 Å². The molecule has 0 aliphatic rings. The monoisotopic (exact) mass is 238 g/mol. The minimum Gasteiger partial charge on any atom is -0.305 e. The first kappa shape index (κ1) is 10.2. The summed E-state index contributed by atoms with van der Waals surface area (Å²) in [6, 6.07) is 7.76. The first-order chi connectivity index (χ1) is 6.13. The lowest BCUT2D eigenvalue weighted by Crippen LogP contribution is -2.10. The summed E-state index contributed by atoms with van der Waals surface area (Å²) in [6.45, 7) is 0.881. The molecular weight excluding hydrogens is 228 g/mol. The van der Waals surface area contributed by atoms with Crippen LogP contribution >= 0.6 is 15.9 Å². The lowest BCUT2D eigenvalue weighted by atomic mass is 10.1. The van der Waals surface area contributed by atoms with Gasteiger partial charge in [0, 0.05) is 11.0 Å². The van der Waals surface area contributed by atoms with Crippen LogP contribution in [0.5, 0.6) is 0 Å². The highest BCUT2D eigenvalue weighted by Gasteiger charge is 2.01. The molecule has 0 saturated heterocycles. The Hall–Kier alpha value is -0.850. The molecule has 0 aliphatic carbocycles. The van der Waals surface area contributed by atoms with Crippen LogP contribution < -0.4 is 0 Å². The van der Waals surface area contributed by atoms with Gasteiger partial charge in [-0.05, 0) is 31.8 Å². The van der Waals surface area contributed by atoms with Crippen LogP contribution in [0.1, 0.15) is 11.1 Å². The van der Waals surface area contributed by atoms with Gasteiger partial charge in [-0.15, -0.1) is 0 Å². The molecule has 0 amide bonds. The molecule has 0 fully saturated rings. The highest BCUT2D eigenvalue weighted by Crippen LogP contribution is 2.19. The molecule has 13 heavy (non-hydrogen) atoms. The molecule has 0 atom stereocenters. The topological polar surface area (TPSA) is 27.0 Å². The Bertz CT molecular complexity index is 339. The second-order valence-electron chi connectivity index (χ2n) is 3.16. The third kappa shape index (κ3) is 2.83. The Morgan fingerprint density at radius 3 is 2.62 bits per heavy atom. The second-order valence-corrected chi connectivity index (χ2v) is 4.01. The fourth-order valence-electron chi connectivity index (χ4n) is 1.09. The lowest BCUT2D eigenvalue weighted by Gasteiger charge is -2.10. The van der Waals surface area contributed by atoms with Gasteiger partial charge in [0.25, 0.3) is 0 Å². The predicted molar refractivity (Wildman–Crippen MR) is 56.2 cm³/mol. The minimum atomic E-state index is 0.689. The zero-order valence-corrected chi connectivity index (χ0v) is 9.30. The first-order valence-corrected chi connectivity index (χ1v) is 4.76. The average Bonchev–Trinajstić information content (AvgIpc) is 2.08. The van der Waals surface area contributed by atoms with E-state index >= 15 is 0 Å². The maximum atomic E-state index is 8.65. The van der Waals surface area contributed by atoms with Crippen molar-refractivity contribution in [1.82, 2.24) is 4.90 Å². The number of benzene rings is 1. The molecule has 0 radical (unpaired) electrons. The third-order valence-corrected chi connectivity index (χ3v) is 2.41. The Kier molecular flexibility index (Phi) is 3.47. The fourth-order valence-corrected chi connectivity index (χ4v) is 1.59. The molecule has 0 aromatic heterocycles. The van der Waals surface area contributed by atoms with Crippen LogP contribution in [0.25, 0.3) is 0 Å². The van der Waals surface area contributed by atoms with Crippen molar-refractivity contribution in [3.05, 3.63) is 33.8 Å². The van der Waals surface area contributed by atoms with E-state index in [9.17, 15) is 0 Å². The summed E-state index contributed by atoms with van der Waals surface area (Å²) < 4.78 is 1.00. The maximum absolute atomic E-state index is 8.65. The third-order valence-electron chi connectivity index (χ3n) is 1.67. The van der Waals surface area contributed by atoms with Crippen LogP contribution in [0, 0.1) is 11.3 Å². The SMILES string of the molecule is CN(C)Cc1ccc(C#N)cc1Br. The maximum Gasteiger partial charge on any atom is 0.0992 e. The fraction of sp³-hybridized carbons (Fsp3) is 0.300. The van der Waals surface area contributed by atoms with Gasteiger partial charge in [0.2, 0.25) is 0 Å². The predicted octanol–water partition coefficient (Wildman–Crippen LogP) is 2.38. The molecule has 1 rings (SSSR count). The summed E-state index contributed by atoms with van der Waals surface area (Å²) in [7, 11) is 4.04. The molecular formula is C10H11BrN2. The van der Waals surface area contributed by atoms with Gasteiger partial charge in [0.1, 0.15) is 0 Å². The number of hydrogen-bond donors (Lipinski definition) is 0. The van der Waals surface area contributed by atoms with Crippen LogP contribution in [-0.2, 0) is 6.54 Å². The minimum absolute atomic E-state index is 0.689. The highest BCUT2D eigenvalue weighted by atomic mass is 79.9.